The van der Waals surface area contributed by atoms with Crippen molar-refractivity contribution in [3.05, 3.63) is 41.0 Å². The molecule has 5 heteroatoms. The quantitative estimate of drug-likeness (QED) is 0.834. The van der Waals surface area contributed by atoms with E-state index in [2.05, 4.69) is 0 Å². The van der Waals surface area contributed by atoms with E-state index in [1.165, 1.54) is 12.1 Å². The van der Waals surface area contributed by atoms with E-state index in [0.29, 0.717) is 11.1 Å². The van der Waals surface area contributed by atoms with Crippen LogP contribution in [0.1, 0.15) is 36.5 Å². The number of rotatable bonds is 3. The van der Waals surface area contributed by atoms with E-state index in [9.17, 15) is 18.0 Å². The van der Waals surface area contributed by atoms with Gasteiger partial charge in [0.1, 0.15) is 0 Å². The second-order valence-corrected chi connectivity index (χ2v) is 4.17. The van der Waals surface area contributed by atoms with Crippen molar-refractivity contribution in [2.45, 2.75) is 25.9 Å². The first-order valence-corrected chi connectivity index (χ1v) is 5.34. The molecule has 0 saturated heterocycles. The van der Waals surface area contributed by atoms with Crippen LogP contribution in [0, 0.1) is 0 Å². The molecule has 1 aromatic carbocycles. The normalized spacial score (nSPS) is 12.3. The Bertz CT molecular complexity index is 474. The fourth-order valence-corrected chi connectivity index (χ4v) is 1.56. The lowest BCUT2D eigenvalue weighted by atomic mass is 9.94. The molecular formula is C13H13F3O2. The van der Waals surface area contributed by atoms with E-state index in [0.717, 1.165) is 18.2 Å². The van der Waals surface area contributed by atoms with Crippen LogP contribution in [-0.4, -0.2) is 11.1 Å². The largest absolute Gasteiger partial charge is 0.478 e. The number of alkyl halides is 3. The molecule has 0 aliphatic heterocycles. The minimum Gasteiger partial charge on any atom is -0.478 e. The molecule has 1 aromatic rings. The van der Waals surface area contributed by atoms with Gasteiger partial charge in [-0.05, 0) is 35.3 Å². The molecule has 0 aliphatic carbocycles. The summed E-state index contributed by atoms with van der Waals surface area (Å²) in [6.45, 7) is 3.52. The fraction of sp³-hybridized carbons (Fsp3) is 0.308. The van der Waals surface area contributed by atoms with Gasteiger partial charge in [0.05, 0.1) is 5.56 Å². The first-order valence-electron chi connectivity index (χ1n) is 5.34. The number of hydrogen-bond acceptors (Lipinski definition) is 1. The van der Waals surface area contributed by atoms with Gasteiger partial charge in [-0.3, -0.25) is 0 Å². The predicted molar refractivity (Wildman–Crippen MR) is 62.2 cm³/mol. The monoisotopic (exact) mass is 258 g/mol. The average Bonchev–Trinajstić information content (AvgIpc) is 2.24. The Morgan fingerprint density at radius 3 is 2.39 bits per heavy atom. The van der Waals surface area contributed by atoms with Gasteiger partial charge in [0.2, 0.25) is 0 Å². The first-order chi connectivity index (χ1) is 8.21. The van der Waals surface area contributed by atoms with Crippen LogP contribution >= 0.6 is 0 Å². The molecule has 0 radical (unpaired) electrons. The van der Waals surface area contributed by atoms with Crippen LogP contribution in [0.3, 0.4) is 0 Å². The molecule has 0 spiro atoms. The highest BCUT2D eigenvalue weighted by molar-refractivity contribution is 5.85. The van der Waals surface area contributed by atoms with Gasteiger partial charge in [0.25, 0.3) is 0 Å². The van der Waals surface area contributed by atoms with Gasteiger partial charge < -0.3 is 5.11 Å². The van der Waals surface area contributed by atoms with E-state index in [1.54, 1.807) is 13.8 Å². The SMILES string of the molecule is CC(C)c1cc(C(F)(F)F)ccc1C=CC(=O)O. The van der Waals surface area contributed by atoms with E-state index in [-0.39, 0.29) is 5.92 Å². The van der Waals surface area contributed by atoms with Gasteiger partial charge in [0.15, 0.2) is 0 Å². The first kappa shape index (κ1) is 14.3. The highest BCUT2D eigenvalue weighted by atomic mass is 19.4. The highest BCUT2D eigenvalue weighted by Crippen LogP contribution is 2.32. The van der Waals surface area contributed by atoms with Crippen molar-refractivity contribution in [1.29, 1.82) is 0 Å². The lowest BCUT2D eigenvalue weighted by molar-refractivity contribution is -0.137. The molecular weight excluding hydrogens is 245 g/mol. The molecule has 0 saturated carbocycles. The summed E-state index contributed by atoms with van der Waals surface area (Å²) in [7, 11) is 0. The predicted octanol–water partition coefficient (Wildman–Crippen LogP) is 3.93. The molecule has 98 valence electrons. The second-order valence-electron chi connectivity index (χ2n) is 4.17. The minimum atomic E-state index is -4.39. The smallest absolute Gasteiger partial charge is 0.416 e. The molecule has 1 rings (SSSR count). The van der Waals surface area contributed by atoms with Crippen LogP contribution < -0.4 is 0 Å². The third-order valence-corrected chi connectivity index (χ3v) is 2.44. The maximum Gasteiger partial charge on any atom is 0.416 e. The number of carboxylic acids is 1. The Kier molecular flexibility index (Phi) is 4.16. The molecule has 0 atom stereocenters. The standard InChI is InChI=1S/C13H13F3O2/c1-8(2)11-7-10(13(14,15)16)5-3-9(11)4-6-12(17)18/h3-8H,1-2H3,(H,17,18). The second kappa shape index (κ2) is 5.25. The van der Waals surface area contributed by atoms with Crippen molar-refractivity contribution in [3.8, 4) is 0 Å². The van der Waals surface area contributed by atoms with Crippen molar-refractivity contribution < 1.29 is 23.1 Å². The summed E-state index contributed by atoms with van der Waals surface area (Å²) < 4.78 is 37.7. The van der Waals surface area contributed by atoms with Crippen molar-refractivity contribution in [2.75, 3.05) is 0 Å². The van der Waals surface area contributed by atoms with Crippen molar-refractivity contribution in [1.82, 2.24) is 0 Å². The van der Waals surface area contributed by atoms with Crippen LogP contribution in [-0.2, 0) is 11.0 Å². The Hall–Kier alpha value is -1.78. The lowest BCUT2D eigenvalue weighted by Crippen LogP contribution is -2.06. The molecule has 2 nitrogen and oxygen atoms in total. The van der Waals surface area contributed by atoms with Gasteiger partial charge in [-0.2, -0.15) is 13.2 Å². The van der Waals surface area contributed by atoms with E-state index >= 15 is 0 Å². The molecule has 18 heavy (non-hydrogen) atoms. The summed E-state index contributed by atoms with van der Waals surface area (Å²) in [4.78, 5) is 10.4. The van der Waals surface area contributed by atoms with Crippen LogP contribution in [0.25, 0.3) is 6.08 Å². The summed E-state index contributed by atoms with van der Waals surface area (Å²) >= 11 is 0. The number of carbonyl (C=O) groups is 1. The number of benzene rings is 1. The third kappa shape index (κ3) is 3.61. The summed E-state index contributed by atoms with van der Waals surface area (Å²) in [5.74, 6) is -1.26. The fourth-order valence-electron chi connectivity index (χ4n) is 1.56. The van der Waals surface area contributed by atoms with E-state index in [1.807, 2.05) is 0 Å². The van der Waals surface area contributed by atoms with Gasteiger partial charge in [-0.15, -0.1) is 0 Å². The summed E-state index contributed by atoms with van der Waals surface area (Å²) in [5, 5.41) is 8.52. The molecule has 0 heterocycles. The number of hydrogen-bond donors (Lipinski definition) is 1. The molecule has 0 amide bonds. The zero-order valence-electron chi connectivity index (χ0n) is 9.95. The van der Waals surface area contributed by atoms with Crippen LogP contribution in [0.2, 0.25) is 0 Å². The maximum absolute atomic E-state index is 12.6. The highest BCUT2D eigenvalue weighted by Gasteiger charge is 2.31. The molecule has 0 fully saturated rings. The Balaban J connectivity index is 3.25. The van der Waals surface area contributed by atoms with E-state index < -0.39 is 17.7 Å². The zero-order valence-corrected chi connectivity index (χ0v) is 9.95. The van der Waals surface area contributed by atoms with Gasteiger partial charge in [-0.25, -0.2) is 4.79 Å². The number of aliphatic carboxylic acids is 1. The average molecular weight is 258 g/mol. The summed E-state index contributed by atoms with van der Waals surface area (Å²) in [6.07, 6.45) is -2.18. The van der Waals surface area contributed by atoms with Crippen molar-refractivity contribution in [3.63, 3.8) is 0 Å². The van der Waals surface area contributed by atoms with Gasteiger partial charge in [0, 0.05) is 6.08 Å². The minimum absolute atomic E-state index is 0.124. The zero-order chi connectivity index (χ0) is 13.9. The molecule has 0 unspecified atom stereocenters. The summed E-state index contributed by atoms with van der Waals surface area (Å²) in [6, 6.07) is 3.30. The Labute approximate surface area is 103 Å². The Morgan fingerprint density at radius 2 is 1.94 bits per heavy atom. The lowest BCUT2D eigenvalue weighted by Gasteiger charge is -2.14. The molecule has 1 N–H and O–H groups in total. The van der Waals surface area contributed by atoms with Crippen LogP contribution in [0.4, 0.5) is 13.2 Å². The molecule has 0 aliphatic rings. The maximum atomic E-state index is 12.6. The Morgan fingerprint density at radius 1 is 1.33 bits per heavy atom. The molecule has 0 bridgehead atoms. The van der Waals surface area contributed by atoms with Crippen LogP contribution in [0.5, 0.6) is 0 Å². The topological polar surface area (TPSA) is 37.3 Å². The van der Waals surface area contributed by atoms with Gasteiger partial charge >= 0.3 is 12.1 Å². The van der Waals surface area contributed by atoms with E-state index in [4.69, 9.17) is 5.11 Å². The summed E-state index contributed by atoms with van der Waals surface area (Å²) in [5.41, 5.74) is 0.237. The third-order valence-electron chi connectivity index (χ3n) is 2.44. The number of halogens is 3. The number of carboxylic acid groups (broad SMARTS) is 1. The van der Waals surface area contributed by atoms with Crippen LogP contribution in [0.15, 0.2) is 24.3 Å². The molecule has 0 aromatic heterocycles. The van der Waals surface area contributed by atoms with Crippen molar-refractivity contribution >= 4 is 12.0 Å². The van der Waals surface area contributed by atoms with Gasteiger partial charge in [-0.1, -0.05) is 19.9 Å². The van der Waals surface area contributed by atoms with Crippen molar-refractivity contribution in [2.24, 2.45) is 0 Å².